The van der Waals surface area contributed by atoms with Crippen LogP contribution < -0.4 is 5.32 Å². The number of hydrogen-bond acceptors (Lipinski definition) is 5. The molecule has 0 aromatic rings. The fraction of sp³-hybridized carbons (Fsp3) is 0.862. The minimum Gasteiger partial charge on any atom is -0.466 e. The van der Waals surface area contributed by atoms with Crippen molar-refractivity contribution in [3.05, 3.63) is 36.5 Å². The predicted molar refractivity (Wildman–Crippen MR) is 278 cm³/mol. The Morgan fingerprint density at radius 3 is 1.22 bits per heavy atom. The van der Waals surface area contributed by atoms with Crippen LogP contribution in [0, 0.1) is 0 Å². The Kier molecular flexibility index (Phi) is 52.1. The third kappa shape index (κ3) is 49.5. The molecule has 6 nitrogen and oxygen atoms in total. The molecule has 1 amide bonds. The van der Waals surface area contributed by atoms with Gasteiger partial charge in [-0.3, -0.25) is 9.59 Å². The van der Waals surface area contributed by atoms with Crippen molar-refractivity contribution in [2.45, 2.75) is 309 Å². The highest BCUT2D eigenvalue weighted by molar-refractivity contribution is 5.76. The lowest BCUT2D eigenvalue weighted by molar-refractivity contribution is -0.143. The number of nitrogens with one attached hydrogen (secondary N) is 1. The molecule has 0 aromatic carbocycles. The van der Waals surface area contributed by atoms with Crippen LogP contribution in [0.15, 0.2) is 36.5 Å². The fourth-order valence-corrected chi connectivity index (χ4v) is 8.57. The van der Waals surface area contributed by atoms with Crippen molar-refractivity contribution < 1.29 is 24.5 Å². The van der Waals surface area contributed by atoms with E-state index in [1.54, 1.807) is 0 Å². The Morgan fingerprint density at radius 1 is 0.438 bits per heavy atom. The number of esters is 1. The van der Waals surface area contributed by atoms with E-state index >= 15 is 0 Å². The van der Waals surface area contributed by atoms with Crippen LogP contribution in [0.3, 0.4) is 0 Å². The summed E-state index contributed by atoms with van der Waals surface area (Å²) in [6, 6.07) is -0.549. The summed E-state index contributed by atoms with van der Waals surface area (Å²) in [6.07, 6.45) is 65.6. The van der Waals surface area contributed by atoms with E-state index in [1.807, 2.05) is 0 Å². The molecule has 6 heteroatoms. The minimum atomic E-state index is -0.671. The Labute approximate surface area is 398 Å². The molecule has 0 spiro atoms. The van der Waals surface area contributed by atoms with E-state index in [-0.39, 0.29) is 18.5 Å². The zero-order valence-corrected chi connectivity index (χ0v) is 42.8. The molecule has 376 valence electrons. The second-order valence-corrected chi connectivity index (χ2v) is 19.3. The normalized spacial score (nSPS) is 12.9. The van der Waals surface area contributed by atoms with Crippen LogP contribution in [-0.4, -0.2) is 47.4 Å². The fourth-order valence-electron chi connectivity index (χ4n) is 8.57. The number of allylic oxidation sites excluding steroid dienone is 6. The first-order chi connectivity index (χ1) is 31.5. The Bertz CT molecular complexity index is 1040. The lowest BCUT2D eigenvalue weighted by Gasteiger charge is -2.22. The molecule has 2 atom stereocenters. The second kappa shape index (κ2) is 53.7. The maximum atomic E-state index is 12.5. The number of aliphatic hydroxyl groups is 2. The van der Waals surface area contributed by atoms with Gasteiger partial charge in [0.15, 0.2) is 0 Å². The molecular weight excluding hydrogens is 791 g/mol. The molecule has 3 N–H and O–H groups in total. The first kappa shape index (κ1) is 62.1. The summed E-state index contributed by atoms with van der Waals surface area (Å²) in [7, 11) is 0. The monoisotopic (exact) mass is 900 g/mol. The number of carbonyl (C=O) groups excluding carboxylic acids is 2. The van der Waals surface area contributed by atoms with E-state index < -0.39 is 12.1 Å². The number of ether oxygens (including phenoxy) is 1. The highest BCUT2D eigenvalue weighted by Crippen LogP contribution is 2.16. The largest absolute Gasteiger partial charge is 0.466 e. The molecular formula is C58H109NO5. The zero-order chi connectivity index (χ0) is 46.5. The summed E-state index contributed by atoms with van der Waals surface area (Å²) < 4.78 is 5.44. The number of amides is 1. The van der Waals surface area contributed by atoms with Crippen molar-refractivity contribution in [2.24, 2.45) is 0 Å². The number of unbranched alkanes of at least 4 members (excludes halogenated alkanes) is 36. The van der Waals surface area contributed by atoms with Gasteiger partial charge in [-0.1, -0.05) is 237 Å². The molecule has 0 aliphatic rings. The van der Waals surface area contributed by atoms with Crippen LogP contribution in [0.2, 0.25) is 0 Å². The van der Waals surface area contributed by atoms with E-state index in [2.05, 4.69) is 55.6 Å². The highest BCUT2D eigenvalue weighted by atomic mass is 16.5. The SMILES string of the molecule is CCCCCC/C=C\CCCCCCCC(=O)OCCCCC/C=C\C=C/CCCCCCCCCCCCC(=O)NC(CO)C(O)CCCCCCCCCCCCCCCCC. The topological polar surface area (TPSA) is 95.9 Å². The molecule has 0 aliphatic carbocycles. The van der Waals surface area contributed by atoms with Gasteiger partial charge in [0, 0.05) is 12.8 Å². The average molecular weight is 901 g/mol. The van der Waals surface area contributed by atoms with E-state index in [4.69, 9.17) is 4.74 Å². The van der Waals surface area contributed by atoms with Gasteiger partial charge in [-0.05, 0) is 83.5 Å². The summed E-state index contributed by atoms with van der Waals surface area (Å²) in [5.74, 6) is -0.0672. The van der Waals surface area contributed by atoms with Crippen LogP contribution in [-0.2, 0) is 14.3 Å². The highest BCUT2D eigenvalue weighted by Gasteiger charge is 2.20. The molecule has 0 aliphatic heterocycles. The summed E-state index contributed by atoms with van der Waals surface area (Å²) in [5.41, 5.74) is 0. The molecule has 0 radical (unpaired) electrons. The molecule has 0 aromatic heterocycles. The number of aliphatic hydroxyl groups excluding tert-OH is 2. The molecule has 2 unspecified atom stereocenters. The van der Waals surface area contributed by atoms with Gasteiger partial charge in [0.1, 0.15) is 0 Å². The molecule has 0 heterocycles. The third-order valence-electron chi connectivity index (χ3n) is 12.9. The minimum absolute atomic E-state index is 0.0228. The van der Waals surface area contributed by atoms with Crippen molar-refractivity contribution in [1.29, 1.82) is 0 Å². The van der Waals surface area contributed by atoms with Crippen LogP contribution in [0.5, 0.6) is 0 Å². The Morgan fingerprint density at radius 2 is 0.781 bits per heavy atom. The first-order valence-electron chi connectivity index (χ1n) is 28.3. The number of carbonyl (C=O) groups is 2. The summed E-state index contributed by atoms with van der Waals surface area (Å²) >= 11 is 0. The van der Waals surface area contributed by atoms with Crippen molar-refractivity contribution in [1.82, 2.24) is 5.32 Å². The lowest BCUT2D eigenvalue weighted by atomic mass is 10.0. The van der Waals surface area contributed by atoms with Crippen molar-refractivity contribution in [2.75, 3.05) is 13.2 Å². The second-order valence-electron chi connectivity index (χ2n) is 19.3. The molecule has 64 heavy (non-hydrogen) atoms. The standard InChI is InChI=1S/C58H109NO5/c1-3-5-7-9-11-13-15-17-23-27-30-34-38-42-46-50-56(61)55(54-60)59-57(62)51-47-43-39-35-31-28-24-21-19-18-20-22-25-29-33-37-41-45-49-53-64-58(63)52-48-44-40-36-32-26-16-14-12-10-8-6-4-2/h14,16,22,25,29,33,55-56,60-61H,3-13,15,17-21,23-24,26-28,30-32,34-54H2,1-2H3,(H,59,62)/b16-14-,25-22-,33-29-. The number of rotatable bonds is 52. The predicted octanol–water partition coefficient (Wildman–Crippen LogP) is 17.2. The maximum Gasteiger partial charge on any atom is 0.305 e. The number of hydrogen-bond donors (Lipinski definition) is 3. The molecule has 0 saturated carbocycles. The third-order valence-corrected chi connectivity index (χ3v) is 12.9. The average Bonchev–Trinajstić information content (AvgIpc) is 3.29. The van der Waals surface area contributed by atoms with Crippen LogP contribution >= 0.6 is 0 Å². The molecule has 0 saturated heterocycles. The van der Waals surface area contributed by atoms with Crippen molar-refractivity contribution in [3.63, 3.8) is 0 Å². The van der Waals surface area contributed by atoms with Crippen LogP contribution in [0.1, 0.15) is 296 Å². The smallest absolute Gasteiger partial charge is 0.305 e. The van der Waals surface area contributed by atoms with Gasteiger partial charge in [0.2, 0.25) is 5.91 Å². The maximum absolute atomic E-state index is 12.5. The van der Waals surface area contributed by atoms with Gasteiger partial charge < -0.3 is 20.3 Å². The van der Waals surface area contributed by atoms with Crippen LogP contribution in [0.25, 0.3) is 0 Å². The summed E-state index contributed by atoms with van der Waals surface area (Å²) in [5, 5.41) is 23.3. The summed E-state index contributed by atoms with van der Waals surface area (Å²) in [6.45, 7) is 4.90. The van der Waals surface area contributed by atoms with Crippen molar-refractivity contribution in [3.8, 4) is 0 Å². The summed E-state index contributed by atoms with van der Waals surface area (Å²) in [4.78, 5) is 24.5. The van der Waals surface area contributed by atoms with Gasteiger partial charge in [0.25, 0.3) is 0 Å². The Balaban J connectivity index is 3.49. The van der Waals surface area contributed by atoms with Gasteiger partial charge >= 0.3 is 5.97 Å². The van der Waals surface area contributed by atoms with E-state index in [1.165, 1.54) is 193 Å². The van der Waals surface area contributed by atoms with Gasteiger partial charge in [-0.15, -0.1) is 0 Å². The molecule has 0 rings (SSSR count). The van der Waals surface area contributed by atoms with Gasteiger partial charge in [-0.25, -0.2) is 0 Å². The zero-order valence-electron chi connectivity index (χ0n) is 42.8. The quantitative estimate of drug-likeness (QED) is 0.0245. The lowest BCUT2D eigenvalue weighted by Crippen LogP contribution is -2.45. The van der Waals surface area contributed by atoms with E-state index in [0.717, 1.165) is 70.6 Å². The van der Waals surface area contributed by atoms with Crippen molar-refractivity contribution >= 4 is 11.9 Å². The molecule has 0 bridgehead atoms. The molecule has 0 fully saturated rings. The first-order valence-corrected chi connectivity index (χ1v) is 28.3. The van der Waals surface area contributed by atoms with Gasteiger partial charge in [0.05, 0.1) is 25.4 Å². The van der Waals surface area contributed by atoms with E-state index in [9.17, 15) is 19.8 Å². The van der Waals surface area contributed by atoms with Gasteiger partial charge in [-0.2, -0.15) is 0 Å². The van der Waals surface area contributed by atoms with E-state index in [0.29, 0.717) is 25.9 Å². The Hall–Kier alpha value is -1.92. The van der Waals surface area contributed by atoms with Crippen LogP contribution in [0.4, 0.5) is 0 Å².